The predicted octanol–water partition coefficient (Wildman–Crippen LogP) is -5.38. The molecule has 1 rings (SSSR count). The Kier molecular flexibility index (Phi) is 12.7. The molecule has 0 spiro atoms. The fourth-order valence-corrected chi connectivity index (χ4v) is 3.13. The highest BCUT2D eigenvalue weighted by Gasteiger charge is 2.31. The number of hydrogen-bond donors (Lipinski definition) is 10. The zero-order valence-corrected chi connectivity index (χ0v) is 20.4. The van der Waals surface area contributed by atoms with E-state index in [-0.39, 0.29) is 31.8 Å². The summed E-state index contributed by atoms with van der Waals surface area (Å²) in [5.74, 6) is -6.18. The van der Waals surface area contributed by atoms with E-state index in [2.05, 4.69) is 30.9 Å². The molecule has 0 fully saturated rings. The Balaban J connectivity index is 3.05. The van der Waals surface area contributed by atoms with Gasteiger partial charge in [0.05, 0.1) is 25.2 Å². The third kappa shape index (κ3) is 11.8. The lowest BCUT2D eigenvalue weighted by molar-refractivity contribution is -0.142. The summed E-state index contributed by atoms with van der Waals surface area (Å²) in [6, 6.07) is -5.68. The van der Waals surface area contributed by atoms with Gasteiger partial charge in [-0.15, -0.1) is 0 Å². The fraction of sp³-hybridized carbons (Fsp3) is 0.500. The fourth-order valence-electron chi connectivity index (χ4n) is 3.13. The minimum atomic E-state index is -1.56. The average molecular weight is 540 g/mol. The van der Waals surface area contributed by atoms with Gasteiger partial charge in [0.1, 0.15) is 18.1 Å². The SMILES string of the molecule is NC(=O)CC(N)C(=O)NC(CC(N)=O)C(=O)NC(Cc1cnc[nH]1)C(=O)NC(CCCN=C(N)N)C(=O)O. The van der Waals surface area contributed by atoms with Crippen molar-refractivity contribution in [2.75, 3.05) is 6.54 Å². The van der Waals surface area contributed by atoms with Crippen LogP contribution in [0.4, 0.5) is 0 Å². The molecule has 0 aromatic carbocycles. The maximum Gasteiger partial charge on any atom is 0.326 e. The van der Waals surface area contributed by atoms with Crippen LogP contribution < -0.4 is 44.6 Å². The summed E-state index contributed by atoms with van der Waals surface area (Å²) in [5, 5.41) is 16.4. The van der Waals surface area contributed by atoms with Gasteiger partial charge in [-0.2, -0.15) is 0 Å². The third-order valence-corrected chi connectivity index (χ3v) is 4.97. The first-order valence-electron chi connectivity index (χ1n) is 11.3. The molecule has 210 valence electrons. The number of carbonyl (C=O) groups is 6. The van der Waals surface area contributed by atoms with E-state index in [1.54, 1.807) is 0 Å². The first-order valence-corrected chi connectivity index (χ1v) is 11.3. The van der Waals surface area contributed by atoms with E-state index in [9.17, 15) is 33.9 Å². The lowest BCUT2D eigenvalue weighted by Crippen LogP contribution is -2.58. The summed E-state index contributed by atoms with van der Waals surface area (Å²) in [5.41, 5.74) is 26.6. The number of primary amides is 2. The van der Waals surface area contributed by atoms with Crippen LogP contribution in [0.2, 0.25) is 0 Å². The molecule has 18 nitrogen and oxygen atoms in total. The average Bonchev–Trinajstić information content (AvgIpc) is 3.32. The Hall–Kier alpha value is -4.74. The van der Waals surface area contributed by atoms with Crippen molar-refractivity contribution in [3.8, 4) is 0 Å². The minimum Gasteiger partial charge on any atom is -0.480 e. The third-order valence-electron chi connectivity index (χ3n) is 4.97. The van der Waals surface area contributed by atoms with E-state index in [1.165, 1.54) is 12.5 Å². The lowest BCUT2D eigenvalue weighted by atomic mass is 10.1. The molecular formula is C20H33N11O7. The first kappa shape index (κ1) is 31.3. The normalized spacial score (nSPS) is 13.7. The molecule has 0 saturated carbocycles. The van der Waals surface area contributed by atoms with Gasteiger partial charge in [0, 0.05) is 24.9 Å². The maximum absolute atomic E-state index is 13.0. The van der Waals surface area contributed by atoms with Crippen molar-refractivity contribution in [2.45, 2.75) is 56.3 Å². The summed E-state index contributed by atoms with van der Waals surface area (Å²) >= 11 is 0. The zero-order chi connectivity index (χ0) is 28.8. The van der Waals surface area contributed by atoms with E-state index in [1.807, 2.05) is 0 Å². The number of aliphatic imine (C=N–C) groups is 1. The standard InChI is InChI=1S/C20H33N11O7/c21-10(5-14(22)32)16(34)30-13(6-15(23)33)18(36)31-12(4-9-7-26-8-28-9)17(35)29-11(19(37)38)2-1-3-27-20(24)25/h7-8,10-13H,1-6,21H2,(H2,22,32)(H2,23,33)(H,26,28)(H,29,35)(H,30,34)(H,31,36)(H,37,38)(H4,24,25,27). The van der Waals surface area contributed by atoms with Gasteiger partial charge in [0.15, 0.2) is 5.96 Å². The molecule has 1 aromatic rings. The Morgan fingerprint density at radius 3 is 2.00 bits per heavy atom. The van der Waals surface area contributed by atoms with Gasteiger partial charge < -0.3 is 54.7 Å². The van der Waals surface area contributed by atoms with Crippen molar-refractivity contribution in [1.82, 2.24) is 25.9 Å². The molecular weight excluding hydrogens is 506 g/mol. The summed E-state index contributed by atoms with van der Waals surface area (Å²) in [6.07, 6.45) is 1.55. The number of aromatic amines is 1. The van der Waals surface area contributed by atoms with E-state index in [0.29, 0.717) is 5.69 Å². The van der Waals surface area contributed by atoms with Gasteiger partial charge in [-0.25, -0.2) is 9.78 Å². The van der Waals surface area contributed by atoms with Crippen LogP contribution in [0.1, 0.15) is 31.4 Å². The van der Waals surface area contributed by atoms with Gasteiger partial charge in [-0.3, -0.25) is 29.0 Å². The van der Waals surface area contributed by atoms with E-state index in [4.69, 9.17) is 28.7 Å². The smallest absolute Gasteiger partial charge is 0.326 e. The number of imidazole rings is 1. The van der Waals surface area contributed by atoms with Crippen molar-refractivity contribution < 1.29 is 33.9 Å². The maximum atomic E-state index is 13.0. The number of aromatic nitrogens is 2. The Bertz CT molecular complexity index is 1020. The number of carbonyl (C=O) groups excluding carboxylic acids is 5. The molecule has 0 bridgehead atoms. The largest absolute Gasteiger partial charge is 0.480 e. The molecule has 0 radical (unpaired) electrons. The van der Waals surface area contributed by atoms with Crippen molar-refractivity contribution >= 4 is 41.5 Å². The number of rotatable bonds is 17. The zero-order valence-electron chi connectivity index (χ0n) is 20.4. The van der Waals surface area contributed by atoms with Gasteiger partial charge >= 0.3 is 5.97 Å². The molecule has 1 aromatic heterocycles. The molecule has 4 unspecified atom stereocenters. The number of nitrogens with one attached hydrogen (secondary N) is 4. The number of hydrogen-bond acceptors (Lipinski definition) is 9. The second kappa shape index (κ2) is 15.4. The predicted molar refractivity (Wildman–Crippen MR) is 131 cm³/mol. The number of amides is 5. The van der Waals surface area contributed by atoms with Crippen molar-refractivity contribution in [3.05, 3.63) is 18.2 Å². The van der Waals surface area contributed by atoms with Crippen LogP contribution in [0, 0.1) is 0 Å². The highest BCUT2D eigenvalue weighted by atomic mass is 16.4. The monoisotopic (exact) mass is 539 g/mol. The number of nitrogens with two attached hydrogens (primary N) is 5. The summed E-state index contributed by atoms with van der Waals surface area (Å²) in [7, 11) is 0. The number of nitrogens with zero attached hydrogens (tertiary/aromatic N) is 2. The van der Waals surface area contributed by atoms with Crippen LogP contribution in [0.5, 0.6) is 0 Å². The molecule has 0 aliphatic carbocycles. The Morgan fingerprint density at radius 2 is 1.47 bits per heavy atom. The van der Waals surface area contributed by atoms with Gasteiger partial charge in [0.2, 0.25) is 29.5 Å². The molecule has 38 heavy (non-hydrogen) atoms. The topological polar surface area (TPSA) is 330 Å². The van der Waals surface area contributed by atoms with Crippen LogP contribution in [0.25, 0.3) is 0 Å². The molecule has 5 amide bonds. The van der Waals surface area contributed by atoms with Crippen molar-refractivity contribution in [3.63, 3.8) is 0 Å². The van der Waals surface area contributed by atoms with Gasteiger partial charge in [-0.05, 0) is 12.8 Å². The number of carboxylic acid groups (broad SMARTS) is 1. The number of carboxylic acids is 1. The van der Waals surface area contributed by atoms with Crippen LogP contribution in [-0.2, 0) is 35.2 Å². The second-order valence-corrected chi connectivity index (χ2v) is 8.20. The molecule has 0 aliphatic heterocycles. The summed E-state index contributed by atoms with van der Waals surface area (Å²) in [6.45, 7) is 0.128. The Morgan fingerprint density at radius 1 is 0.895 bits per heavy atom. The molecule has 18 heteroatoms. The van der Waals surface area contributed by atoms with Crippen LogP contribution in [0.3, 0.4) is 0 Å². The molecule has 4 atom stereocenters. The summed E-state index contributed by atoms with van der Waals surface area (Å²) in [4.78, 5) is 82.8. The van der Waals surface area contributed by atoms with Crippen LogP contribution >= 0.6 is 0 Å². The number of aliphatic carboxylic acids is 1. The quantitative estimate of drug-likeness (QED) is 0.0505. The highest BCUT2D eigenvalue weighted by molar-refractivity contribution is 5.97. The van der Waals surface area contributed by atoms with E-state index in [0.717, 1.165) is 0 Å². The lowest BCUT2D eigenvalue weighted by Gasteiger charge is -2.24. The van der Waals surface area contributed by atoms with E-state index < -0.39 is 72.5 Å². The van der Waals surface area contributed by atoms with Gasteiger partial charge in [0.25, 0.3) is 0 Å². The minimum absolute atomic E-state index is 0.0271. The molecule has 1 heterocycles. The second-order valence-electron chi connectivity index (χ2n) is 8.20. The molecule has 0 saturated heterocycles. The van der Waals surface area contributed by atoms with Crippen molar-refractivity contribution in [1.29, 1.82) is 0 Å². The van der Waals surface area contributed by atoms with Gasteiger partial charge in [-0.1, -0.05) is 0 Å². The Labute approximate surface area is 216 Å². The summed E-state index contributed by atoms with van der Waals surface area (Å²) < 4.78 is 0. The molecule has 0 aliphatic rings. The highest BCUT2D eigenvalue weighted by Crippen LogP contribution is 2.05. The molecule has 15 N–H and O–H groups in total. The first-order chi connectivity index (χ1) is 17.8. The van der Waals surface area contributed by atoms with Crippen LogP contribution in [0.15, 0.2) is 17.5 Å². The number of guanidine groups is 1. The number of H-pyrrole nitrogens is 1. The van der Waals surface area contributed by atoms with Crippen LogP contribution in [-0.4, -0.2) is 87.3 Å². The van der Waals surface area contributed by atoms with E-state index >= 15 is 0 Å². The van der Waals surface area contributed by atoms with Crippen molar-refractivity contribution in [2.24, 2.45) is 33.7 Å².